The number of aromatic nitrogens is 6. The summed E-state index contributed by atoms with van der Waals surface area (Å²) < 4.78 is 41.5. The molecule has 1 amide bonds. The Kier molecular flexibility index (Phi) is 7.30. The Labute approximate surface area is 250 Å². The van der Waals surface area contributed by atoms with E-state index in [-0.39, 0.29) is 41.8 Å². The van der Waals surface area contributed by atoms with Gasteiger partial charge in [-0.1, -0.05) is 0 Å². The molecule has 2 fully saturated rings. The topological polar surface area (TPSA) is 117 Å². The SMILES string of the molecule is O=C(Cc1cn2nc(-c3c(-c4ccc(F)cc4)ncn3C3CCN(C(=O)OC4COC4)CC3)ccc2n1)c1ccnc(F)c1. The largest absolute Gasteiger partial charge is 0.441 e. The standard InChI is InChI=1S/C31H27F2N7O4/c32-21-3-1-19(2-4-21)29-30(39(18-35-29)23-8-11-38(12-9-23)31(42)44-24-16-43-17-24)25-5-6-28-36-22(15-40(28)37-25)14-26(41)20-7-10-34-27(33)13-20/h1-7,10,13,15,18,23-24H,8-9,11-12,14,16-17H2. The second-order valence-corrected chi connectivity index (χ2v) is 10.8. The molecule has 0 aliphatic carbocycles. The minimum absolute atomic E-state index is 0.0250. The van der Waals surface area contributed by atoms with Gasteiger partial charge in [0.15, 0.2) is 17.5 Å². The number of nitrogens with zero attached hydrogens (tertiary/aromatic N) is 7. The molecule has 0 spiro atoms. The number of amides is 1. The summed E-state index contributed by atoms with van der Waals surface area (Å²) in [5.41, 5.74) is 3.95. The van der Waals surface area contributed by atoms with Crippen molar-refractivity contribution in [2.24, 2.45) is 0 Å². The fraction of sp³-hybridized carbons (Fsp3) is 0.290. The number of Topliss-reactive ketones (excluding diaryl/α,β-unsaturated/α-hetero) is 1. The van der Waals surface area contributed by atoms with Crippen LogP contribution in [0.1, 0.15) is 34.9 Å². The molecule has 0 bridgehead atoms. The van der Waals surface area contributed by atoms with Crippen molar-refractivity contribution in [1.82, 2.24) is 34.0 Å². The maximum absolute atomic E-state index is 13.8. The smallest absolute Gasteiger partial charge is 0.410 e. The number of carbonyl (C=O) groups is 2. The Morgan fingerprint density at radius 3 is 2.52 bits per heavy atom. The van der Waals surface area contributed by atoms with Crippen LogP contribution < -0.4 is 0 Å². The van der Waals surface area contributed by atoms with Crippen molar-refractivity contribution in [1.29, 1.82) is 0 Å². The Hall–Kier alpha value is -5.04. The lowest BCUT2D eigenvalue weighted by molar-refractivity contribution is -0.105. The Bertz CT molecular complexity index is 1840. The summed E-state index contributed by atoms with van der Waals surface area (Å²) >= 11 is 0. The van der Waals surface area contributed by atoms with E-state index in [9.17, 15) is 18.4 Å². The second-order valence-electron chi connectivity index (χ2n) is 10.8. The summed E-state index contributed by atoms with van der Waals surface area (Å²) in [5.74, 6) is -1.36. The molecule has 13 heteroatoms. The van der Waals surface area contributed by atoms with E-state index < -0.39 is 5.95 Å². The molecule has 2 aliphatic heterocycles. The number of imidazole rings is 2. The van der Waals surface area contributed by atoms with Crippen LogP contribution in [0.25, 0.3) is 28.3 Å². The molecule has 11 nitrogen and oxygen atoms in total. The maximum Gasteiger partial charge on any atom is 0.410 e. The van der Waals surface area contributed by atoms with Crippen molar-refractivity contribution < 1.29 is 27.8 Å². The highest BCUT2D eigenvalue weighted by Crippen LogP contribution is 2.35. The van der Waals surface area contributed by atoms with Crippen molar-refractivity contribution in [2.75, 3.05) is 26.3 Å². The Balaban J connectivity index is 1.18. The molecule has 7 rings (SSSR count). The summed E-state index contributed by atoms with van der Waals surface area (Å²) in [5, 5.41) is 4.82. The van der Waals surface area contributed by atoms with Gasteiger partial charge in [-0.05, 0) is 55.3 Å². The highest BCUT2D eigenvalue weighted by Gasteiger charge is 2.31. The number of ether oxygens (including phenoxy) is 2. The molecule has 0 saturated carbocycles. The molecule has 0 unspecified atom stereocenters. The Morgan fingerprint density at radius 1 is 1.00 bits per heavy atom. The van der Waals surface area contributed by atoms with Gasteiger partial charge in [-0.15, -0.1) is 0 Å². The van der Waals surface area contributed by atoms with Gasteiger partial charge < -0.3 is 18.9 Å². The van der Waals surface area contributed by atoms with E-state index in [0.29, 0.717) is 61.9 Å². The number of piperidine rings is 1. The van der Waals surface area contributed by atoms with Crippen LogP contribution in [0.4, 0.5) is 13.6 Å². The summed E-state index contributed by atoms with van der Waals surface area (Å²) in [6.07, 6.45) is 5.50. The zero-order chi connectivity index (χ0) is 30.2. The Morgan fingerprint density at radius 2 is 1.80 bits per heavy atom. The van der Waals surface area contributed by atoms with Gasteiger partial charge in [0.05, 0.1) is 49.2 Å². The minimum Gasteiger partial charge on any atom is -0.441 e. The first kappa shape index (κ1) is 27.8. The normalized spacial score (nSPS) is 15.8. The van der Waals surface area contributed by atoms with E-state index >= 15 is 0 Å². The van der Waals surface area contributed by atoms with E-state index in [4.69, 9.17) is 19.6 Å². The number of benzene rings is 1. The number of rotatable bonds is 7. The van der Waals surface area contributed by atoms with Crippen LogP contribution in [0, 0.1) is 11.8 Å². The molecule has 44 heavy (non-hydrogen) atoms. The van der Waals surface area contributed by atoms with Gasteiger partial charge in [-0.25, -0.2) is 28.7 Å². The predicted octanol–water partition coefficient (Wildman–Crippen LogP) is 4.53. The number of fused-ring (bicyclic) bond motifs is 1. The van der Waals surface area contributed by atoms with E-state index in [0.717, 1.165) is 17.3 Å². The molecule has 1 aromatic carbocycles. The van der Waals surface area contributed by atoms with Crippen LogP contribution >= 0.6 is 0 Å². The molecule has 6 heterocycles. The van der Waals surface area contributed by atoms with Gasteiger partial charge in [0.2, 0.25) is 5.95 Å². The zero-order valence-corrected chi connectivity index (χ0v) is 23.5. The van der Waals surface area contributed by atoms with Crippen LogP contribution in [0.3, 0.4) is 0 Å². The molecule has 224 valence electrons. The number of hydrogen-bond donors (Lipinski definition) is 0. The predicted molar refractivity (Wildman–Crippen MR) is 153 cm³/mol. The second kappa shape index (κ2) is 11.6. The van der Waals surface area contributed by atoms with E-state index in [1.807, 2.05) is 6.07 Å². The van der Waals surface area contributed by atoms with Gasteiger partial charge in [0.1, 0.15) is 11.5 Å². The van der Waals surface area contributed by atoms with Crippen LogP contribution in [0.5, 0.6) is 0 Å². The number of carbonyl (C=O) groups excluding carboxylic acids is 2. The van der Waals surface area contributed by atoms with Crippen molar-refractivity contribution in [3.63, 3.8) is 0 Å². The van der Waals surface area contributed by atoms with E-state index in [2.05, 4.69) is 14.5 Å². The van der Waals surface area contributed by atoms with Gasteiger partial charge in [-0.2, -0.15) is 9.49 Å². The lowest BCUT2D eigenvalue weighted by Gasteiger charge is -2.34. The van der Waals surface area contributed by atoms with Crippen LogP contribution in [0.15, 0.2) is 67.3 Å². The molecule has 5 aromatic rings. The monoisotopic (exact) mass is 599 g/mol. The average Bonchev–Trinajstić information content (AvgIpc) is 3.63. The molecule has 2 aliphatic rings. The highest BCUT2D eigenvalue weighted by atomic mass is 19.1. The quantitative estimate of drug-likeness (QED) is 0.198. The third-order valence-electron chi connectivity index (χ3n) is 7.91. The number of pyridine rings is 1. The molecule has 0 N–H and O–H groups in total. The summed E-state index contributed by atoms with van der Waals surface area (Å²) in [6, 6.07) is 12.4. The average molecular weight is 600 g/mol. The van der Waals surface area contributed by atoms with Crippen molar-refractivity contribution in [3.05, 3.63) is 90.3 Å². The number of hydrogen-bond acceptors (Lipinski definition) is 8. The molecule has 0 radical (unpaired) electrons. The molecule has 2 saturated heterocycles. The summed E-state index contributed by atoms with van der Waals surface area (Å²) in [7, 11) is 0. The van der Waals surface area contributed by atoms with E-state index in [1.165, 1.54) is 24.4 Å². The van der Waals surface area contributed by atoms with Crippen LogP contribution in [-0.2, 0) is 15.9 Å². The minimum atomic E-state index is -0.722. The summed E-state index contributed by atoms with van der Waals surface area (Å²) in [6.45, 7) is 1.91. The maximum atomic E-state index is 13.8. The van der Waals surface area contributed by atoms with Crippen LogP contribution in [-0.4, -0.2) is 78.3 Å². The third kappa shape index (κ3) is 5.53. The van der Waals surface area contributed by atoms with Crippen LogP contribution in [0.2, 0.25) is 0 Å². The van der Waals surface area contributed by atoms with Crippen molar-refractivity contribution in [2.45, 2.75) is 31.4 Å². The molecule has 0 atom stereocenters. The van der Waals surface area contributed by atoms with Gasteiger partial charge in [-0.3, -0.25) is 4.79 Å². The third-order valence-corrected chi connectivity index (χ3v) is 7.91. The fourth-order valence-electron chi connectivity index (χ4n) is 5.52. The number of likely N-dealkylation sites (tertiary alicyclic amines) is 1. The van der Waals surface area contributed by atoms with Gasteiger partial charge in [0, 0.05) is 42.5 Å². The zero-order valence-electron chi connectivity index (χ0n) is 23.5. The number of ketones is 1. The lowest BCUT2D eigenvalue weighted by atomic mass is 10.0. The molecular formula is C31H27F2N7O4. The first-order chi connectivity index (χ1) is 21.4. The molecular weight excluding hydrogens is 572 g/mol. The highest BCUT2D eigenvalue weighted by molar-refractivity contribution is 5.97. The first-order valence-electron chi connectivity index (χ1n) is 14.3. The molecule has 4 aromatic heterocycles. The van der Waals surface area contributed by atoms with Gasteiger partial charge in [0.25, 0.3) is 0 Å². The van der Waals surface area contributed by atoms with Crippen molar-refractivity contribution >= 4 is 17.5 Å². The van der Waals surface area contributed by atoms with Crippen molar-refractivity contribution in [3.8, 4) is 22.6 Å². The lowest BCUT2D eigenvalue weighted by Crippen LogP contribution is -2.45. The fourth-order valence-corrected chi connectivity index (χ4v) is 5.52. The van der Waals surface area contributed by atoms with Gasteiger partial charge >= 0.3 is 6.09 Å². The first-order valence-corrected chi connectivity index (χ1v) is 14.3. The summed E-state index contributed by atoms with van der Waals surface area (Å²) in [4.78, 5) is 39.8. The van der Waals surface area contributed by atoms with E-state index in [1.54, 1.807) is 40.1 Å². The number of halogens is 2.